The van der Waals surface area contributed by atoms with Gasteiger partial charge >= 0.3 is 18.0 Å². The highest BCUT2D eigenvalue weighted by molar-refractivity contribution is 6.21. The van der Waals surface area contributed by atoms with Crippen LogP contribution < -0.4 is 5.32 Å². The van der Waals surface area contributed by atoms with Crippen LogP contribution in [0.3, 0.4) is 0 Å². The van der Waals surface area contributed by atoms with Gasteiger partial charge in [-0.15, -0.1) is 0 Å². The van der Waals surface area contributed by atoms with Crippen LogP contribution in [-0.4, -0.2) is 63.1 Å². The number of ether oxygens (including phenoxy) is 1. The second kappa shape index (κ2) is 8.52. The number of esters is 1. The molecule has 0 spiro atoms. The van der Waals surface area contributed by atoms with Gasteiger partial charge in [0.2, 0.25) is 0 Å². The molecular formula is C20H25N3O7. The summed E-state index contributed by atoms with van der Waals surface area (Å²) in [7, 11) is 0. The number of hydrogen-bond acceptors (Lipinski definition) is 6. The molecule has 0 radical (unpaired) electrons. The van der Waals surface area contributed by atoms with E-state index in [1.54, 1.807) is 46.8 Å². The largest absolute Gasteiger partial charge is 0.480 e. The van der Waals surface area contributed by atoms with Crippen molar-refractivity contribution in [1.82, 2.24) is 15.3 Å². The van der Waals surface area contributed by atoms with Gasteiger partial charge in [-0.2, -0.15) is 5.01 Å². The van der Waals surface area contributed by atoms with Crippen LogP contribution in [0.5, 0.6) is 0 Å². The predicted octanol–water partition coefficient (Wildman–Crippen LogP) is 1.66. The lowest BCUT2D eigenvalue weighted by Gasteiger charge is -2.31. The minimum atomic E-state index is -1.30. The van der Waals surface area contributed by atoms with E-state index in [9.17, 15) is 29.1 Å². The van der Waals surface area contributed by atoms with Gasteiger partial charge in [-0.1, -0.05) is 26.0 Å². The number of carbonyl (C=O) groups excluding carboxylic acids is 4. The topological polar surface area (TPSA) is 133 Å². The summed E-state index contributed by atoms with van der Waals surface area (Å²) >= 11 is 0. The number of hydrogen-bond donors (Lipinski definition) is 2. The van der Waals surface area contributed by atoms with Crippen LogP contribution in [0.4, 0.5) is 4.79 Å². The van der Waals surface area contributed by atoms with Gasteiger partial charge in [-0.3, -0.25) is 14.4 Å². The molecule has 162 valence electrons. The van der Waals surface area contributed by atoms with Gasteiger partial charge in [0.1, 0.15) is 18.2 Å². The van der Waals surface area contributed by atoms with E-state index >= 15 is 0 Å². The van der Waals surface area contributed by atoms with Crippen LogP contribution in [0.15, 0.2) is 24.3 Å². The van der Waals surface area contributed by atoms with Gasteiger partial charge in [0, 0.05) is 0 Å². The van der Waals surface area contributed by atoms with Gasteiger partial charge in [-0.25, -0.2) is 14.6 Å². The molecule has 0 aromatic heterocycles. The summed E-state index contributed by atoms with van der Waals surface area (Å²) in [4.78, 5) is 62.3. The zero-order valence-electron chi connectivity index (χ0n) is 17.5. The standard InChI is InChI=1S/C20H25N3O7/c1-11(2)15(18(27)28)21-19(29)22(10-14(24)30-20(3,4)5)23-16(25)12-8-6-7-9-13(12)17(23)26/h6-9,11,15H,10H2,1-5H3,(H,21,29)(H,27,28). The third kappa shape index (κ3) is 4.94. The fourth-order valence-corrected chi connectivity index (χ4v) is 2.85. The van der Waals surface area contributed by atoms with Crippen LogP contribution in [0, 0.1) is 5.92 Å². The fraction of sp³-hybridized carbons (Fsp3) is 0.450. The number of carboxylic acids is 1. The van der Waals surface area contributed by atoms with Crippen molar-refractivity contribution >= 4 is 29.8 Å². The van der Waals surface area contributed by atoms with Gasteiger partial charge in [0.25, 0.3) is 11.8 Å². The van der Waals surface area contributed by atoms with E-state index in [4.69, 9.17) is 4.74 Å². The molecule has 2 rings (SSSR count). The maximum atomic E-state index is 12.9. The first-order valence-electron chi connectivity index (χ1n) is 9.34. The molecule has 30 heavy (non-hydrogen) atoms. The van der Waals surface area contributed by atoms with Crippen molar-refractivity contribution in [3.8, 4) is 0 Å². The van der Waals surface area contributed by atoms with Crippen molar-refractivity contribution in [3.05, 3.63) is 35.4 Å². The second-order valence-corrected chi connectivity index (χ2v) is 8.12. The summed E-state index contributed by atoms with van der Waals surface area (Å²) in [5.74, 6) is -4.25. The van der Waals surface area contributed by atoms with Crippen LogP contribution in [0.1, 0.15) is 55.3 Å². The summed E-state index contributed by atoms with van der Waals surface area (Å²) in [5.41, 5.74) is -0.728. The number of hydrazine groups is 1. The summed E-state index contributed by atoms with van der Waals surface area (Å²) in [5, 5.41) is 12.7. The van der Waals surface area contributed by atoms with E-state index < -0.39 is 53.9 Å². The number of nitrogens with one attached hydrogen (secondary N) is 1. The number of rotatable bonds is 6. The highest BCUT2D eigenvalue weighted by Gasteiger charge is 2.43. The maximum absolute atomic E-state index is 12.9. The van der Waals surface area contributed by atoms with Gasteiger partial charge < -0.3 is 15.2 Å². The Balaban J connectivity index is 2.38. The molecule has 1 aliphatic rings. The van der Waals surface area contributed by atoms with E-state index in [2.05, 4.69) is 5.32 Å². The molecule has 0 fully saturated rings. The van der Waals surface area contributed by atoms with Crippen LogP contribution in [0.25, 0.3) is 0 Å². The monoisotopic (exact) mass is 419 g/mol. The smallest absolute Gasteiger partial charge is 0.338 e. The molecule has 0 saturated carbocycles. The van der Waals surface area contributed by atoms with E-state index in [1.165, 1.54) is 12.1 Å². The average Bonchev–Trinajstić information content (AvgIpc) is 2.86. The summed E-state index contributed by atoms with van der Waals surface area (Å²) < 4.78 is 5.20. The first kappa shape index (κ1) is 22.9. The minimum Gasteiger partial charge on any atom is -0.480 e. The molecule has 0 saturated heterocycles. The van der Waals surface area contributed by atoms with E-state index in [0.717, 1.165) is 0 Å². The second-order valence-electron chi connectivity index (χ2n) is 8.12. The molecule has 2 N–H and O–H groups in total. The molecule has 4 amide bonds. The van der Waals surface area contributed by atoms with Crippen molar-refractivity contribution in [3.63, 3.8) is 0 Å². The summed E-state index contributed by atoms with van der Waals surface area (Å²) in [6.07, 6.45) is 0. The number of fused-ring (bicyclic) bond motifs is 1. The Labute approximate surface area is 173 Å². The minimum absolute atomic E-state index is 0.0723. The normalized spacial score (nSPS) is 14.4. The molecule has 10 heteroatoms. The SMILES string of the molecule is CC(C)C(NC(=O)N(CC(=O)OC(C)(C)C)N1C(=O)c2ccccc2C1=O)C(=O)O. The lowest BCUT2D eigenvalue weighted by molar-refractivity contribution is -0.157. The number of carboxylic acid groups (broad SMARTS) is 1. The molecule has 0 bridgehead atoms. The van der Waals surface area contributed by atoms with Crippen molar-refractivity contribution in [2.75, 3.05) is 6.54 Å². The number of benzene rings is 1. The Morgan fingerprint density at radius 3 is 2.00 bits per heavy atom. The molecule has 1 atom stereocenters. The molecule has 1 aromatic carbocycles. The summed E-state index contributed by atoms with van der Waals surface area (Å²) in [6, 6.07) is 3.58. The molecule has 1 unspecified atom stereocenters. The van der Waals surface area contributed by atoms with Gasteiger partial charge in [-0.05, 0) is 38.8 Å². The predicted molar refractivity (Wildman–Crippen MR) is 104 cm³/mol. The molecule has 10 nitrogen and oxygen atoms in total. The lowest BCUT2D eigenvalue weighted by atomic mass is 10.1. The van der Waals surface area contributed by atoms with Gasteiger partial charge in [0.05, 0.1) is 11.1 Å². The number of urea groups is 1. The van der Waals surface area contributed by atoms with E-state index in [0.29, 0.717) is 10.0 Å². The number of imide groups is 1. The molecule has 0 aliphatic carbocycles. The highest BCUT2D eigenvalue weighted by atomic mass is 16.6. The zero-order chi connectivity index (χ0) is 22.8. The molecule has 1 aliphatic heterocycles. The first-order chi connectivity index (χ1) is 13.8. The van der Waals surface area contributed by atoms with E-state index in [-0.39, 0.29) is 11.1 Å². The molecule has 1 aromatic rings. The number of aliphatic carboxylic acids is 1. The van der Waals surface area contributed by atoms with Crippen molar-refractivity contribution in [1.29, 1.82) is 0 Å². The van der Waals surface area contributed by atoms with Crippen LogP contribution >= 0.6 is 0 Å². The Kier molecular flexibility index (Phi) is 6.49. The van der Waals surface area contributed by atoms with Crippen molar-refractivity contribution < 1.29 is 33.8 Å². The number of amides is 4. The van der Waals surface area contributed by atoms with Gasteiger partial charge in [0.15, 0.2) is 0 Å². The fourth-order valence-electron chi connectivity index (χ4n) is 2.85. The highest BCUT2D eigenvalue weighted by Crippen LogP contribution is 2.24. The first-order valence-corrected chi connectivity index (χ1v) is 9.34. The quantitative estimate of drug-likeness (QED) is 0.529. The Bertz CT molecular complexity index is 854. The third-order valence-electron chi connectivity index (χ3n) is 4.16. The Morgan fingerprint density at radius 2 is 1.60 bits per heavy atom. The van der Waals surface area contributed by atoms with Crippen LogP contribution in [-0.2, 0) is 14.3 Å². The van der Waals surface area contributed by atoms with Crippen LogP contribution in [0.2, 0.25) is 0 Å². The summed E-state index contributed by atoms with van der Waals surface area (Å²) in [6.45, 7) is 7.27. The Morgan fingerprint density at radius 1 is 1.10 bits per heavy atom. The van der Waals surface area contributed by atoms with Crippen molar-refractivity contribution in [2.45, 2.75) is 46.3 Å². The lowest BCUT2D eigenvalue weighted by Crippen LogP contribution is -2.58. The number of carbonyl (C=O) groups is 5. The molecular weight excluding hydrogens is 394 g/mol. The van der Waals surface area contributed by atoms with Crippen molar-refractivity contribution in [2.24, 2.45) is 5.92 Å². The average molecular weight is 419 g/mol. The molecule has 1 heterocycles. The third-order valence-corrected chi connectivity index (χ3v) is 4.16. The maximum Gasteiger partial charge on any atom is 0.338 e. The Hall–Kier alpha value is -3.43. The zero-order valence-corrected chi connectivity index (χ0v) is 17.5. The number of nitrogens with zero attached hydrogens (tertiary/aromatic N) is 2. The van der Waals surface area contributed by atoms with E-state index in [1.807, 2.05) is 0 Å².